The van der Waals surface area contributed by atoms with Gasteiger partial charge in [-0.15, -0.1) is 0 Å². The number of ketones is 1. The van der Waals surface area contributed by atoms with E-state index >= 15 is 0 Å². The van der Waals surface area contributed by atoms with Gasteiger partial charge in [0.2, 0.25) is 0 Å². The number of nitrogens with zero attached hydrogens (tertiary/aromatic N) is 1. The van der Waals surface area contributed by atoms with Crippen molar-refractivity contribution >= 4 is 33.5 Å². The van der Waals surface area contributed by atoms with Crippen molar-refractivity contribution in [3.8, 4) is 5.75 Å². The topological polar surface area (TPSA) is 50.7 Å². The van der Waals surface area contributed by atoms with Gasteiger partial charge >= 0.3 is 0 Å². The Labute approximate surface area is 251 Å². The molecular formula is C36H35BrN2O2. The van der Waals surface area contributed by atoms with Crippen LogP contribution in [0.2, 0.25) is 0 Å². The van der Waals surface area contributed by atoms with Crippen LogP contribution in [0.3, 0.4) is 0 Å². The Morgan fingerprint density at radius 3 is 1.88 bits per heavy atom. The maximum Gasteiger partial charge on any atom is 0.165 e. The first-order valence-electron chi connectivity index (χ1n) is 14.2. The molecule has 0 saturated carbocycles. The van der Waals surface area contributed by atoms with E-state index in [-0.39, 0.29) is 11.7 Å². The second-order valence-corrected chi connectivity index (χ2v) is 11.2. The minimum Gasteiger partial charge on any atom is -0.356 e. The molecule has 2 atom stereocenters. The number of rotatable bonds is 12. The van der Waals surface area contributed by atoms with Gasteiger partial charge in [0.05, 0.1) is 17.3 Å². The van der Waals surface area contributed by atoms with Gasteiger partial charge in [-0.3, -0.25) is 10.1 Å². The number of allylic oxidation sites excluding steroid dienone is 1. The molecule has 1 aliphatic rings. The smallest absolute Gasteiger partial charge is 0.165 e. The summed E-state index contributed by atoms with van der Waals surface area (Å²) in [4.78, 5) is 19.9. The summed E-state index contributed by atoms with van der Waals surface area (Å²) in [5.74, 6) is 0.810. The minimum absolute atomic E-state index is 0.112. The third-order valence-corrected chi connectivity index (χ3v) is 8.16. The van der Waals surface area contributed by atoms with E-state index < -0.39 is 11.6 Å². The highest BCUT2D eigenvalue weighted by molar-refractivity contribution is 9.09. The summed E-state index contributed by atoms with van der Waals surface area (Å²) in [6.45, 7) is 2.02. The summed E-state index contributed by atoms with van der Waals surface area (Å²) in [6.07, 6.45) is 5.95. The Balaban J connectivity index is 1.55. The van der Waals surface area contributed by atoms with Crippen LogP contribution in [0.1, 0.15) is 48.4 Å². The van der Waals surface area contributed by atoms with Crippen molar-refractivity contribution in [3.05, 3.63) is 144 Å². The van der Waals surface area contributed by atoms with Crippen molar-refractivity contribution in [2.45, 2.75) is 37.8 Å². The first-order valence-corrected chi connectivity index (χ1v) is 15.3. The number of Topliss-reactive ketones (excluding diaryl/α,β-unsaturated/α-hetero) is 1. The van der Waals surface area contributed by atoms with Crippen LogP contribution in [0.25, 0.3) is 6.08 Å². The van der Waals surface area contributed by atoms with Crippen LogP contribution in [0.5, 0.6) is 5.75 Å². The zero-order chi connectivity index (χ0) is 28.5. The van der Waals surface area contributed by atoms with Crippen LogP contribution >= 0.6 is 15.9 Å². The predicted octanol–water partition coefficient (Wildman–Crippen LogP) is 8.17. The van der Waals surface area contributed by atoms with E-state index in [1.807, 2.05) is 61.5 Å². The number of para-hydroxylation sites is 1. The molecule has 1 unspecified atom stereocenters. The Morgan fingerprint density at radius 1 is 0.780 bits per heavy atom. The van der Waals surface area contributed by atoms with E-state index in [0.717, 1.165) is 45.5 Å². The van der Waals surface area contributed by atoms with Gasteiger partial charge in [0.25, 0.3) is 0 Å². The van der Waals surface area contributed by atoms with Crippen molar-refractivity contribution in [2.75, 3.05) is 5.33 Å². The van der Waals surface area contributed by atoms with Crippen LogP contribution in [0, 0.1) is 5.92 Å². The van der Waals surface area contributed by atoms with E-state index in [1.165, 1.54) is 0 Å². The molecule has 0 bridgehead atoms. The fourth-order valence-electron chi connectivity index (χ4n) is 5.46. The van der Waals surface area contributed by atoms with Crippen LogP contribution < -0.4 is 10.2 Å². The molecule has 208 valence electrons. The molecule has 0 aromatic heterocycles. The average molecular weight is 608 g/mol. The van der Waals surface area contributed by atoms with Crippen LogP contribution in [-0.2, 0) is 10.3 Å². The number of carbonyl (C=O) groups excluding carboxylic acids is 1. The molecule has 0 aliphatic carbocycles. The van der Waals surface area contributed by atoms with E-state index in [4.69, 9.17) is 4.84 Å². The molecule has 0 fully saturated rings. The molecular weight excluding hydrogens is 572 g/mol. The molecule has 0 radical (unpaired) electrons. The van der Waals surface area contributed by atoms with Gasteiger partial charge in [-0.25, -0.2) is 0 Å². The lowest BCUT2D eigenvalue weighted by Crippen LogP contribution is -2.53. The lowest BCUT2D eigenvalue weighted by molar-refractivity contribution is -0.125. The second-order valence-electron chi connectivity index (χ2n) is 10.4. The number of benzene rings is 4. The van der Waals surface area contributed by atoms with Gasteiger partial charge in [-0.05, 0) is 54.2 Å². The third kappa shape index (κ3) is 6.58. The lowest BCUT2D eigenvalue weighted by atomic mass is 9.75. The summed E-state index contributed by atoms with van der Waals surface area (Å²) in [5, 5.41) is 9.15. The Kier molecular flexibility index (Phi) is 9.60. The normalized spacial score (nSPS) is 14.2. The molecule has 41 heavy (non-hydrogen) atoms. The molecule has 1 heterocycles. The predicted molar refractivity (Wildman–Crippen MR) is 171 cm³/mol. The molecule has 4 aromatic carbocycles. The number of fused-ring (bicyclic) bond motifs is 1. The highest BCUT2D eigenvalue weighted by atomic mass is 79.9. The molecule has 0 saturated heterocycles. The average Bonchev–Trinajstić information content (AvgIpc) is 3.25. The Hall–Kier alpha value is -3.80. The SMILES string of the molecule is CC(CCBr)C(=O)[C@H](CCC1=NOc2ccccc2C=C1)NC(c1ccccc1)(c1ccccc1)c1ccccc1. The summed E-state index contributed by atoms with van der Waals surface area (Å²) in [6, 6.07) is 38.7. The standard InChI is InChI=1S/C36H35BrN2O2/c1-27(25-26-37)35(40)33(24-23-32-22-21-28-13-11-12-20-34(28)41-39-32)38-36(29-14-5-2-6-15-29,30-16-7-3-8-17-30)31-18-9-4-10-19-31/h2-22,27,33,38H,23-26H2,1H3/t27?,33-/m0/s1. The maximum atomic E-state index is 14.2. The number of carbonyl (C=O) groups is 1. The van der Waals surface area contributed by atoms with Crippen molar-refractivity contribution < 1.29 is 9.63 Å². The highest BCUT2D eigenvalue weighted by Crippen LogP contribution is 2.38. The van der Waals surface area contributed by atoms with Crippen molar-refractivity contribution in [1.29, 1.82) is 0 Å². The molecule has 5 rings (SSSR count). The summed E-state index contributed by atoms with van der Waals surface area (Å²) < 4.78 is 0. The van der Waals surface area contributed by atoms with Crippen LogP contribution in [0.4, 0.5) is 0 Å². The second kappa shape index (κ2) is 13.7. The Morgan fingerprint density at radius 2 is 1.32 bits per heavy atom. The number of nitrogens with one attached hydrogen (secondary N) is 1. The molecule has 4 nitrogen and oxygen atoms in total. The third-order valence-electron chi connectivity index (χ3n) is 7.71. The highest BCUT2D eigenvalue weighted by Gasteiger charge is 2.40. The number of halogens is 1. The number of oxime groups is 1. The first-order chi connectivity index (χ1) is 20.1. The summed E-state index contributed by atoms with van der Waals surface area (Å²) in [5.41, 5.74) is 4.28. The lowest BCUT2D eigenvalue weighted by Gasteiger charge is -2.40. The summed E-state index contributed by atoms with van der Waals surface area (Å²) in [7, 11) is 0. The minimum atomic E-state index is -0.744. The van der Waals surface area contributed by atoms with E-state index in [2.05, 4.69) is 99.2 Å². The Bertz CT molecular complexity index is 1390. The van der Waals surface area contributed by atoms with Crippen molar-refractivity contribution in [1.82, 2.24) is 5.32 Å². The van der Waals surface area contributed by atoms with Crippen molar-refractivity contribution in [3.63, 3.8) is 0 Å². The monoisotopic (exact) mass is 606 g/mol. The zero-order valence-electron chi connectivity index (χ0n) is 23.2. The van der Waals surface area contributed by atoms with Gasteiger partial charge in [0.15, 0.2) is 11.5 Å². The van der Waals surface area contributed by atoms with Gasteiger partial charge in [0.1, 0.15) is 0 Å². The van der Waals surface area contributed by atoms with E-state index in [1.54, 1.807) is 0 Å². The van der Waals surface area contributed by atoms with Crippen LogP contribution in [0.15, 0.2) is 126 Å². The zero-order valence-corrected chi connectivity index (χ0v) is 24.8. The van der Waals surface area contributed by atoms with Gasteiger partial charge in [0, 0.05) is 16.8 Å². The molecule has 5 heteroatoms. The fraction of sp³-hybridized carbons (Fsp3) is 0.222. The summed E-state index contributed by atoms with van der Waals surface area (Å²) >= 11 is 3.55. The molecule has 1 N–H and O–H groups in total. The van der Waals surface area contributed by atoms with Gasteiger partial charge in [-0.1, -0.05) is 137 Å². The number of alkyl halides is 1. The van der Waals surface area contributed by atoms with Gasteiger partial charge in [-0.2, -0.15) is 0 Å². The fourth-order valence-corrected chi connectivity index (χ4v) is 6.14. The molecule has 0 amide bonds. The molecule has 0 spiro atoms. The van der Waals surface area contributed by atoms with Crippen molar-refractivity contribution in [2.24, 2.45) is 11.1 Å². The van der Waals surface area contributed by atoms with E-state index in [9.17, 15) is 4.79 Å². The first kappa shape index (κ1) is 28.7. The largest absolute Gasteiger partial charge is 0.356 e. The maximum absolute atomic E-state index is 14.2. The number of hydrogen-bond donors (Lipinski definition) is 1. The molecule has 1 aliphatic heterocycles. The molecule has 4 aromatic rings. The van der Waals surface area contributed by atoms with Crippen LogP contribution in [-0.4, -0.2) is 22.9 Å². The quantitative estimate of drug-likeness (QED) is 0.131. The van der Waals surface area contributed by atoms with E-state index in [0.29, 0.717) is 12.8 Å². The number of hydrogen-bond acceptors (Lipinski definition) is 4. The van der Waals surface area contributed by atoms with Gasteiger partial charge < -0.3 is 4.84 Å².